The number of hydrogen-bond donors (Lipinski definition) is 1. The molecule has 5 fully saturated rings. The number of fused-ring (bicyclic) bond motifs is 1. The highest BCUT2D eigenvalue weighted by Crippen LogP contribution is 2.43. The van der Waals surface area contributed by atoms with Gasteiger partial charge in [0.15, 0.2) is 0 Å². The summed E-state index contributed by atoms with van der Waals surface area (Å²) in [7, 11) is 0. The summed E-state index contributed by atoms with van der Waals surface area (Å²) >= 11 is 0. The van der Waals surface area contributed by atoms with E-state index in [1.165, 1.54) is 17.7 Å². The van der Waals surface area contributed by atoms with Gasteiger partial charge in [0.2, 0.25) is 17.7 Å². The minimum Gasteiger partial charge on any atom is -0.490 e. The maximum Gasteiger partial charge on any atom is 0.255 e. The zero-order valence-electron chi connectivity index (χ0n) is 25.1. The lowest BCUT2D eigenvalue weighted by atomic mass is 9.77. The first-order valence-electron chi connectivity index (χ1n) is 16.5. The number of benzene rings is 1. The Labute approximate surface area is 256 Å². The molecule has 2 aliphatic carbocycles. The van der Waals surface area contributed by atoms with Crippen LogP contribution in [-0.2, 0) is 20.9 Å². The Kier molecular flexibility index (Phi) is 7.87. The molecule has 3 saturated heterocycles. The summed E-state index contributed by atoms with van der Waals surface area (Å²) in [5.74, 6) is -2.42. The lowest BCUT2D eigenvalue weighted by Crippen LogP contribution is -2.57. The van der Waals surface area contributed by atoms with Crippen molar-refractivity contribution in [2.45, 2.75) is 88.8 Å². The molecule has 7 rings (SSSR count). The van der Waals surface area contributed by atoms with Crippen molar-refractivity contribution in [1.82, 2.24) is 20.0 Å². The van der Waals surface area contributed by atoms with Crippen molar-refractivity contribution in [2.75, 3.05) is 32.7 Å². The molecule has 4 aliphatic heterocycles. The first-order chi connectivity index (χ1) is 21.1. The predicted molar refractivity (Wildman–Crippen MR) is 156 cm³/mol. The van der Waals surface area contributed by atoms with Crippen LogP contribution in [0.2, 0.25) is 0 Å². The average Bonchev–Trinajstić information content (AvgIpc) is 3.72. The van der Waals surface area contributed by atoms with Crippen molar-refractivity contribution in [3.8, 4) is 5.75 Å². The van der Waals surface area contributed by atoms with Gasteiger partial charge in [0, 0.05) is 64.1 Å². The van der Waals surface area contributed by atoms with Gasteiger partial charge in [-0.1, -0.05) is 0 Å². The average molecular weight is 613 g/mol. The third-order valence-electron chi connectivity index (χ3n) is 10.9. The topological polar surface area (TPSA) is 99.3 Å². The fourth-order valence-corrected chi connectivity index (χ4v) is 8.04. The first-order valence-corrected chi connectivity index (χ1v) is 16.5. The number of alkyl halides is 2. The Morgan fingerprint density at radius 1 is 1.00 bits per heavy atom. The highest BCUT2D eigenvalue weighted by atomic mass is 19.3. The van der Waals surface area contributed by atoms with Gasteiger partial charge in [0.1, 0.15) is 17.9 Å². The summed E-state index contributed by atoms with van der Waals surface area (Å²) in [6.45, 7) is 3.78. The summed E-state index contributed by atoms with van der Waals surface area (Å²) in [5.41, 5.74) is 1.17. The van der Waals surface area contributed by atoms with Crippen molar-refractivity contribution in [3.63, 3.8) is 0 Å². The van der Waals surface area contributed by atoms with Crippen LogP contribution in [0.25, 0.3) is 0 Å². The maximum atomic E-state index is 15.3. The van der Waals surface area contributed by atoms with E-state index >= 15 is 8.78 Å². The molecule has 44 heavy (non-hydrogen) atoms. The molecule has 0 spiro atoms. The Hall–Kier alpha value is -3.08. The van der Waals surface area contributed by atoms with Gasteiger partial charge in [0.25, 0.3) is 11.8 Å². The van der Waals surface area contributed by atoms with Crippen LogP contribution < -0.4 is 10.1 Å². The van der Waals surface area contributed by atoms with Gasteiger partial charge in [-0.3, -0.25) is 24.5 Å². The van der Waals surface area contributed by atoms with E-state index in [2.05, 4.69) is 10.2 Å². The molecule has 9 nitrogen and oxygen atoms in total. The van der Waals surface area contributed by atoms with Crippen LogP contribution in [0.15, 0.2) is 18.2 Å². The molecule has 0 aromatic heterocycles. The number of carbonyl (C=O) groups excluding carboxylic acids is 4. The number of ether oxygens (including phenoxy) is 1. The third kappa shape index (κ3) is 5.96. The van der Waals surface area contributed by atoms with E-state index < -0.39 is 29.9 Å². The number of amides is 4. The van der Waals surface area contributed by atoms with E-state index in [0.717, 1.165) is 39.0 Å². The Bertz CT molecular complexity index is 1320. The number of nitrogens with zero attached hydrogens (tertiary/aromatic N) is 3. The smallest absolute Gasteiger partial charge is 0.255 e. The first kappa shape index (κ1) is 29.6. The van der Waals surface area contributed by atoms with Crippen molar-refractivity contribution in [1.29, 1.82) is 0 Å². The molecule has 0 radical (unpaired) electrons. The van der Waals surface area contributed by atoms with Gasteiger partial charge in [0.05, 0.1) is 5.92 Å². The lowest BCUT2D eigenvalue weighted by Gasteiger charge is -2.49. The van der Waals surface area contributed by atoms with Crippen molar-refractivity contribution < 1.29 is 32.7 Å². The second-order valence-electron chi connectivity index (χ2n) is 14.0. The highest BCUT2D eigenvalue weighted by molar-refractivity contribution is 6.05. The molecular weight excluding hydrogens is 570 g/mol. The van der Waals surface area contributed by atoms with Crippen LogP contribution in [0, 0.1) is 23.7 Å². The van der Waals surface area contributed by atoms with Crippen molar-refractivity contribution in [2.24, 2.45) is 23.7 Å². The number of piperidine rings is 2. The second kappa shape index (κ2) is 11.7. The number of nitrogens with one attached hydrogen (secondary N) is 1. The van der Waals surface area contributed by atoms with E-state index in [4.69, 9.17) is 4.74 Å². The van der Waals surface area contributed by atoms with Crippen LogP contribution in [0.1, 0.15) is 80.1 Å². The summed E-state index contributed by atoms with van der Waals surface area (Å²) in [4.78, 5) is 55.1. The Morgan fingerprint density at radius 2 is 1.77 bits per heavy atom. The molecule has 2 saturated carbocycles. The van der Waals surface area contributed by atoms with Crippen molar-refractivity contribution in [3.05, 3.63) is 29.3 Å². The molecule has 4 amide bonds. The number of imide groups is 1. The Morgan fingerprint density at radius 3 is 2.50 bits per heavy atom. The molecule has 1 aromatic rings. The van der Waals surface area contributed by atoms with E-state index in [-0.39, 0.29) is 37.6 Å². The van der Waals surface area contributed by atoms with Crippen LogP contribution in [0.3, 0.4) is 0 Å². The molecule has 1 N–H and O–H groups in total. The minimum atomic E-state index is -2.82. The maximum absolute atomic E-state index is 15.3. The molecule has 238 valence electrons. The molecular formula is C33H42F2N4O5. The van der Waals surface area contributed by atoms with E-state index in [1.807, 2.05) is 4.90 Å². The number of carbonyl (C=O) groups is 4. The molecule has 1 unspecified atom stereocenters. The standard InChI is InChI=1S/C33H42F2N4O5/c34-33(35)11-1-2-28(26(33)19-37-16-23(17-37)21-9-12-38(13-10-21)30(41)14-20-3-4-20)44-24-5-6-25-22(15-24)18-39(32(25)43)27-7-8-29(40)36-31(27)42/h5-6,15,20-21,23,26-28H,1-4,7-14,16-19H2,(H,36,40,42)/t26-,27?,28+/m1/s1. The van der Waals surface area contributed by atoms with E-state index in [9.17, 15) is 19.2 Å². The number of halogens is 2. The number of hydrogen-bond acceptors (Lipinski definition) is 6. The molecule has 6 aliphatic rings. The van der Waals surface area contributed by atoms with Crippen LogP contribution in [0.4, 0.5) is 8.78 Å². The number of rotatable bonds is 8. The molecule has 0 bridgehead atoms. The van der Waals surface area contributed by atoms with Gasteiger partial charge in [-0.2, -0.15) is 0 Å². The quantitative estimate of drug-likeness (QED) is 0.451. The zero-order valence-corrected chi connectivity index (χ0v) is 25.1. The third-order valence-corrected chi connectivity index (χ3v) is 10.9. The van der Waals surface area contributed by atoms with Gasteiger partial charge < -0.3 is 19.4 Å². The van der Waals surface area contributed by atoms with Gasteiger partial charge in [-0.05, 0) is 86.5 Å². The number of likely N-dealkylation sites (tertiary alicyclic amines) is 2. The molecule has 11 heteroatoms. The van der Waals surface area contributed by atoms with Crippen LogP contribution >= 0.6 is 0 Å². The van der Waals surface area contributed by atoms with Crippen LogP contribution in [0.5, 0.6) is 5.75 Å². The fraction of sp³-hybridized carbons (Fsp3) is 0.697. The van der Waals surface area contributed by atoms with Gasteiger partial charge in [-0.15, -0.1) is 0 Å². The second-order valence-corrected chi connectivity index (χ2v) is 14.0. The monoisotopic (exact) mass is 612 g/mol. The summed E-state index contributed by atoms with van der Waals surface area (Å²) in [5, 5.41) is 2.31. The normalized spacial score (nSPS) is 29.8. The van der Waals surface area contributed by atoms with Gasteiger partial charge in [-0.25, -0.2) is 8.78 Å². The predicted octanol–water partition coefficient (Wildman–Crippen LogP) is 3.60. The van der Waals surface area contributed by atoms with Crippen molar-refractivity contribution >= 4 is 23.6 Å². The summed E-state index contributed by atoms with van der Waals surface area (Å²) in [6.07, 6.45) is 5.70. The zero-order chi connectivity index (χ0) is 30.6. The SMILES string of the molecule is O=C1CCC(N2Cc3cc(O[C@H]4CCCC(F)(F)[C@@H]4CN4CC(C5CCN(C(=O)CC6CC6)CC5)C4)ccc3C2=O)C(=O)N1. The largest absolute Gasteiger partial charge is 0.490 e. The van der Waals surface area contributed by atoms with E-state index in [1.54, 1.807) is 18.2 Å². The highest BCUT2D eigenvalue weighted by Gasteiger charge is 2.50. The van der Waals surface area contributed by atoms with E-state index in [0.29, 0.717) is 66.3 Å². The fourth-order valence-electron chi connectivity index (χ4n) is 8.04. The molecule has 4 heterocycles. The molecule has 3 atom stereocenters. The summed E-state index contributed by atoms with van der Waals surface area (Å²) in [6, 6.07) is 4.35. The van der Waals surface area contributed by atoms with Crippen LogP contribution in [-0.4, -0.2) is 89.1 Å². The Balaban J connectivity index is 0.941. The lowest BCUT2D eigenvalue weighted by molar-refractivity contribution is -0.144. The molecule has 1 aromatic carbocycles. The minimum absolute atomic E-state index is 0.137. The summed E-state index contributed by atoms with van der Waals surface area (Å²) < 4.78 is 36.9. The van der Waals surface area contributed by atoms with Gasteiger partial charge >= 0.3 is 0 Å².